The van der Waals surface area contributed by atoms with Crippen molar-refractivity contribution in [3.05, 3.63) is 151 Å². The van der Waals surface area contributed by atoms with E-state index in [-0.39, 0.29) is 11.2 Å². The lowest BCUT2D eigenvalue weighted by Crippen LogP contribution is -2.17. The minimum absolute atomic E-state index is 0.153. The molecule has 2 aromatic heterocycles. The summed E-state index contributed by atoms with van der Waals surface area (Å²) in [6.45, 7) is 4.48. The van der Waals surface area contributed by atoms with Gasteiger partial charge in [0.25, 0.3) is 0 Å². The molecule has 5 heteroatoms. The predicted octanol–water partition coefficient (Wildman–Crippen LogP) is 9.84. The van der Waals surface area contributed by atoms with Gasteiger partial charge in [-0.2, -0.15) is 0 Å². The minimum atomic E-state index is -0.329. The molecule has 5 aromatic carbocycles. The number of nitrogens with zero attached hydrogens (tertiary/aromatic N) is 4. The molecule has 0 aliphatic heterocycles. The molecule has 45 heavy (non-hydrogen) atoms. The van der Waals surface area contributed by atoms with E-state index in [1.807, 2.05) is 42.6 Å². The Balaban J connectivity index is 1.38. The molecular formula is C40H30N4O. The van der Waals surface area contributed by atoms with Crippen molar-refractivity contribution in [1.29, 1.82) is 0 Å². The Morgan fingerprint density at radius 2 is 1.36 bits per heavy atom. The fourth-order valence-corrected chi connectivity index (χ4v) is 6.69. The SMILES string of the molecule is CC1(C)c2ccccc2-c2nc(-c3ccccc3O)nc(-c3cccc(N(c4ccccn4)c4cccc5ccccc45)c3)c21. The molecule has 1 N–H and O–H groups in total. The Hall–Kier alpha value is -5.81. The van der Waals surface area contributed by atoms with E-state index in [2.05, 4.69) is 110 Å². The number of hydrogen-bond donors (Lipinski definition) is 1. The van der Waals surface area contributed by atoms with E-state index >= 15 is 0 Å². The molecule has 1 aliphatic rings. The summed E-state index contributed by atoms with van der Waals surface area (Å²) in [5, 5.41) is 13.1. The molecule has 0 saturated carbocycles. The van der Waals surface area contributed by atoms with Crippen molar-refractivity contribution in [3.63, 3.8) is 0 Å². The van der Waals surface area contributed by atoms with Crippen LogP contribution in [-0.4, -0.2) is 20.1 Å². The molecule has 0 atom stereocenters. The third-order valence-electron chi connectivity index (χ3n) is 8.80. The molecule has 0 saturated heterocycles. The van der Waals surface area contributed by atoms with E-state index in [1.165, 1.54) is 5.56 Å². The van der Waals surface area contributed by atoms with Gasteiger partial charge in [0, 0.05) is 39.4 Å². The highest BCUT2D eigenvalue weighted by atomic mass is 16.3. The van der Waals surface area contributed by atoms with Gasteiger partial charge in [-0.1, -0.05) is 105 Å². The largest absolute Gasteiger partial charge is 0.507 e. The molecule has 0 unspecified atom stereocenters. The van der Waals surface area contributed by atoms with Crippen LogP contribution in [0, 0.1) is 0 Å². The van der Waals surface area contributed by atoms with Crippen LogP contribution in [0.3, 0.4) is 0 Å². The summed E-state index contributed by atoms with van der Waals surface area (Å²) in [6.07, 6.45) is 1.83. The van der Waals surface area contributed by atoms with Crippen LogP contribution < -0.4 is 4.90 Å². The summed E-state index contributed by atoms with van der Waals surface area (Å²) in [4.78, 5) is 17.3. The van der Waals surface area contributed by atoms with E-state index in [0.717, 1.165) is 56.0 Å². The van der Waals surface area contributed by atoms with Gasteiger partial charge in [0.15, 0.2) is 5.82 Å². The van der Waals surface area contributed by atoms with Crippen LogP contribution in [0.4, 0.5) is 17.2 Å². The zero-order chi connectivity index (χ0) is 30.5. The van der Waals surface area contributed by atoms with Gasteiger partial charge < -0.3 is 5.11 Å². The van der Waals surface area contributed by atoms with Gasteiger partial charge in [0.1, 0.15) is 11.6 Å². The van der Waals surface area contributed by atoms with Gasteiger partial charge in [-0.05, 0) is 53.4 Å². The first kappa shape index (κ1) is 26.8. The zero-order valence-electron chi connectivity index (χ0n) is 25.0. The first-order valence-electron chi connectivity index (χ1n) is 15.1. The van der Waals surface area contributed by atoms with Gasteiger partial charge in [-0.3, -0.25) is 4.90 Å². The van der Waals surface area contributed by atoms with Crippen molar-refractivity contribution in [2.75, 3.05) is 4.90 Å². The van der Waals surface area contributed by atoms with E-state index in [0.29, 0.717) is 11.4 Å². The number of fused-ring (bicyclic) bond motifs is 4. The Bertz CT molecular complexity index is 2220. The van der Waals surface area contributed by atoms with Crippen LogP contribution in [0.15, 0.2) is 140 Å². The summed E-state index contributed by atoms with van der Waals surface area (Å²) >= 11 is 0. The summed E-state index contributed by atoms with van der Waals surface area (Å²) in [5.41, 5.74) is 8.38. The lowest BCUT2D eigenvalue weighted by Gasteiger charge is -2.27. The van der Waals surface area contributed by atoms with E-state index in [4.69, 9.17) is 15.0 Å². The monoisotopic (exact) mass is 582 g/mol. The van der Waals surface area contributed by atoms with Gasteiger partial charge in [-0.15, -0.1) is 0 Å². The number of hydrogen-bond acceptors (Lipinski definition) is 5. The van der Waals surface area contributed by atoms with Gasteiger partial charge in [0.2, 0.25) is 0 Å². The van der Waals surface area contributed by atoms with Crippen LogP contribution in [0.25, 0.3) is 44.7 Å². The maximum Gasteiger partial charge on any atom is 0.164 e. The normalized spacial score (nSPS) is 12.9. The number of phenolic OH excluding ortho intramolecular Hbond substituents is 1. The highest BCUT2D eigenvalue weighted by molar-refractivity contribution is 5.99. The summed E-state index contributed by atoms with van der Waals surface area (Å²) in [7, 11) is 0. The zero-order valence-corrected chi connectivity index (χ0v) is 25.0. The van der Waals surface area contributed by atoms with Crippen molar-refractivity contribution in [2.45, 2.75) is 19.3 Å². The van der Waals surface area contributed by atoms with Crippen LogP contribution in [0.1, 0.15) is 25.0 Å². The van der Waals surface area contributed by atoms with E-state index < -0.39 is 0 Å². The summed E-state index contributed by atoms with van der Waals surface area (Å²) in [5.74, 6) is 1.47. The smallest absolute Gasteiger partial charge is 0.164 e. The molecular weight excluding hydrogens is 552 g/mol. The topological polar surface area (TPSA) is 62.1 Å². The Kier molecular flexibility index (Phi) is 6.20. The molecule has 8 rings (SSSR count). The third kappa shape index (κ3) is 4.35. The van der Waals surface area contributed by atoms with Crippen molar-refractivity contribution in [2.24, 2.45) is 0 Å². The third-order valence-corrected chi connectivity index (χ3v) is 8.80. The van der Waals surface area contributed by atoms with E-state index in [1.54, 1.807) is 6.07 Å². The highest BCUT2D eigenvalue weighted by Gasteiger charge is 2.40. The average Bonchev–Trinajstić information content (AvgIpc) is 3.32. The number of aromatic hydroxyl groups is 1. The number of aromatic nitrogens is 3. The van der Waals surface area contributed by atoms with Crippen molar-refractivity contribution in [1.82, 2.24) is 15.0 Å². The maximum absolute atomic E-state index is 10.8. The standard InChI is InChI=1S/C40H30N4O/c1-40(2)32-20-7-5-18-30(32)38-36(40)37(42-39(43-38)31-19-6-8-22-34(31)45)27-15-11-16-28(25-27)44(35-23-9-10-24-41-35)33-21-12-14-26-13-3-4-17-29(26)33/h3-25,45H,1-2H3. The molecule has 2 heterocycles. The Morgan fingerprint density at radius 3 is 2.20 bits per heavy atom. The average molecular weight is 583 g/mol. The molecule has 7 aromatic rings. The lowest BCUT2D eigenvalue weighted by molar-refractivity contribution is 0.477. The van der Waals surface area contributed by atoms with Gasteiger partial charge >= 0.3 is 0 Å². The molecule has 5 nitrogen and oxygen atoms in total. The Morgan fingerprint density at radius 1 is 0.644 bits per heavy atom. The van der Waals surface area contributed by atoms with Crippen molar-refractivity contribution in [3.8, 4) is 39.7 Å². The van der Waals surface area contributed by atoms with Crippen molar-refractivity contribution >= 4 is 28.0 Å². The number of pyridine rings is 1. The molecule has 0 fully saturated rings. The van der Waals surface area contributed by atoms with Crippen LogP contribution in [0.2, 0.25) is 0 Å². The highest BCUT2D eigenvalue weighted by Crippen LogP contribution is 2.52. The van der Waals surface area contributed by atoms with E-state index in [9.17, 15) is 5.11 Å². The number of benzene rings is 5. The molecule has 216 valence electrons. The number of anilines is 3. The molecule has 0 bridgehead atoms. The predicted molar refractivity (Wildman–Crippen MR) is 182 cm³/mol. The minimum Gasteiger partial charge on any atom is -0.507 e. The van der Waals surface area contributed by atoms with Crippen molar-refractivity contribution < 1.29 is 5.11 Å². The number of para-hydroxylation sites is 1. The first-order chi connectivity index (χ1) is 22.0. The quantitative estimate of drug-likeness (QED) is 0.219. The second kappa shape index (κ2) is 10.4. The first-order valence-corrected chi connectivity index (χ1v) is 15.1. The number of phenols is 1. The lowest BCUT2D eigenvalue weighted by atomic mass is 9.80. The van der Waals surface area contributed by atoms with Gasteiger partial charge in [0.05, 0.1) is 22.6 Å². The Labute approximate surface area is 262 Å². The van der Waals surface area contributed by atoms with Crippen LogP contribution >= 0.6 is 0 Å². The van der Waals surface area contributed by atoms with Crippen LogP contribution in [-0.2, 0) is 5.41 Å². The molecule has 0 radical (unpaired) electrons. The maximum atomic E-state index is 10.8. The fraction of sp³-hybridized carbons (Fsp3) is 0.0750. The second-order valence-corrected chi connectivity index (χ2v) is 11.9. The second-order valence-electron chi connectivity index (χ2n) is 11.9. The fourth-order valence-electron chi connectivity index (χ4n) is 6.69. The molecule has 0 spiro atoms. The number of rotatable bonds is 5. The summed E-state index contributed by atoms with van der Waals surface area (Å²) < 4.78 is 0. The van der Waals surface area contributed by atoms with Crippen LogP contribution in [0.5, 0.6) is 5.75 Å². The molecule has 0 amide bonds. The molecule has 1 aliphatic carbocycles. The van der Waals surface area contributed by atoms with Gasteiger partial charge in [-0.25, -0.2) is 15.0 Å². The summed E-state index contributed by atoms with van der Waals surface area (Å²) in [6, 6.07) is 45.0.